The zero-order valence-electron chi connectivity index (χ0n) is 18.6. The van der Waals surface area contributed by atoms with Crippen molar-refractivity contribution < 1.29 is 13.6 Å². The molecular weight excluding hydrogens is 420 g/mol. The Kier molecular flexibility index (Phi) is 7.81. The van der Waals surface area contributed by atoms with Gasteiger partial charge in [0.15, 0.2) is 0 Å². The summed E-state index contributed by atoms with van der Waals surface area (Å²) < 4.78 is 26.9. The maximum atomic E-state index is 13.4. The van der Waals surface area contributed by atoms with E-state index in [-0.39, 0.29) is 23.5 Å². The van der Waals surface area contributed by atoms with E-state index in [4.69, 9.17) is 0 Å². The van der Waals surface area contributed by atoms with Gasteiger partial charge in [-0.15, -0.1) is 0 Å². The van der Waals surface area contributed by atoms with Crippen molar-refractivity contribution in [1.82, 2.24) is 15.3 Å². The van der Waals surface area contributed by atoms with Crippen LogP contribution in [0.15, 0.2) is 78.9 Å². The summed E-state index contributed by atoms with van der Waals surface area (Å²) in [7, 11) is 0. The minimum atomic E-state index is -0.261. The minimum absolute atomic E-state index is 0.00914. The summed E-state index contributed by atoms with van der Waals surface area (Å²) in [5.74, 6) is -0.454. The molecule has 33 heavy (non-hydrogen) atoms. The molecule has 0 unspecified atom stereocenters. The van der Waals surface area contributed by atoms with E-state index in [0.29, 0.717) is 18.7 Å². The van der Waals surface area contributed by atoms with Crippen LogP contribution in [0.25, 0.3) is 0 Å². The van der Waals surface area contributed by atoms with Crippen molar-refractivity contribution >= 4 is 5.91 Å². The van der Waals surface area contributed by atoms with Gasteiger partial charge in [0.05, 0.1) is 6.54 Å². The van der Waals surface area contributed by atoms with Crippen LogP contribution in [0.2, 0.25) is 0 Å². The molecule has 0 radical (unpaired) electrons. The summed E-state index contributed by atoms with van der Waals surface area (Å²) in [4.78, 5) is 15.1. The largest absolute Gasteiger partial charge is 0.300 e. The summed E-state index contributed by atoms with van der Waals surface area (Å²) in [6.07, 6.45) is 1.81. The molecule has 0 bridgehead atoms. The maximum Gasteiger partial charge on any atom is 0.268 e. The third kappa shape index (κ3) is 6.24. The van der Waals surface area contributed by atoms with Crippen molar-refractivity contribution in [3.63, 3.8) is 0 Å². The molecule has 0 aliphatic carbocycles. The molecule has 172 valence electrons. The van der Waals surface area contributed by atoms with Gasteiger partial charge in [0.25, 0.3) is 5.91 Å². The van der Waals surface area contributed by atoms with E-state index in [1.807, 2.05) is 54.6 Å². The number of hydrogen-bond donors (Lipinski definition) is 1. The molecule has 1 saturated heterocycles. The number of carbonyl (C=O) groups excluding carboxylic acids is 1. The van der Waals surface area contributed by atoms with Crippen molar-refractivity contribution in [1.29, 1.82) is 0 Å². The first kappa shape index (κ1) is 23.1. The second-order valence-electron chi connectivity index (χ2n) is 8.37. The molecule has 1 N–H and O–H groups in total. The van der Waals surface area contributed by atoms with E-state index in [0.717, 1.165) is 43.6 Å². The van der Waals surface area contributed by atoms with Gasteiger partial charge >= 0.3 is 0 Å². The second kappa shape index (κ2) is 11.2. The van der Waals surface area contributed by atoms with E-state index >= 15 is 0 Å². The number of halogens is 2. The van der Waals surface area contributed by atoms with E-state index < -0.39 is 0 Å². The van der Waals surface area contributed by atoms with E-state index in [1.165, 1.54) is 24.3 Å². The Bertz CT molecular complexity index is 980. The van der Waals surface area contributed by atoms with Crippen LogP contribution in [0.3, 0.4) is 0 Å². The fourth-order valence-corrected chi connectivity index (χ4v) is 4.34. The average molecular weight is 450 g/mol. The average Bonchev–Trinajstić information content (AvgIpc) is 3.09. The Morgan fingerprint density at radius 2 is 1.42 bits per heavy atom. The Morgan fingerprint density at radius 1 is 0.818 bits per heavy atom. The number of rotatable bonds is 7. The third-order valence-corrected chi connectivity index (χ3v) is 6.15. The molecule has 1 amide bonds. The second-order valence-corrected chi connectivity index (χ2v) is 8.37. The lowest BCUT2D eigenvalue weighted by atomic mass is 9.87. The van der Waals surface area contributed by atoms with Gasteiger partial charge in [-0.2, -0.15) is 0 Å². The van der Waals surface area contributed by atoms with Crippen LogP contribution in [-0.4, -0.2) is 48.5 Å². The monoisotopic (exact) mass is 449 g/mol. The highest BCUT2D eigenvalue weighted by Gasteiger charge is 2.21. The number of hydrogen-bond acceptors (Lipinski definition) is 3. The highest BCUT2D eigenvalue weighted by atomic mass is 19.1. The van der Waals surface area contributed by atoms with Gasteiger partial charge in [-0.05, 0) is 66.9 Å². The molecule has 0 aromatic heterocycles. The third-order valence-electron chi connectivity index (χ3n) is 6.15. The summed E-state index contributed by atoms with van der Waals surface area (Å²) >= 11 is 0. The van der Waals surface area contributed by atoms with Crippen molar-refractivity contribution in [2.24, 2.45) is 0 Å². The Morgan fingerprint density at radius 3 is 2.03 bits per heavy atom. The maximum absolute atomic E-state index is 13.4. The van der Waals surface area contributed by atoms with Crippen LogP contribution < -0.4 is 5.43 Å². The van der Waals surface area contributed by atoms with Gasteiger partial charge < -0.3 is 4.90 Å². The molecule has 0 saturated carbocycles. The predicted molar refractivity (Wildman–Crippen MR) is 126 cm³/mol. The molecule has 3 aromatic rings. The first-order chi connectivity index (χ1) is 16.1. The zero-order valence-corrected chi connectivity index (χ0v) is 18.6. The van der Waals surface area contributed by atoms with Crippen LogP contribution in [0.1, 0.15) is 40.2 Å². The smallest absolute Gasteiger partial charge is 0.268 e. The molecule has 4 rings (SSSR count). The van der Waals surface area contributed by atoms with E-state index in [1.54, 1.807) is 5.01 Å². The van der Waals surface area contributed by atoms with Crippen LogP contribution in [0.5, 0.6) is 0 Å². The van der Waals surface area contributed by atoms with Crippen LogP contribution >= 0.6 is 0 Å². The quantitative estimate of drug-likeness (QED) is 0.561. The topological polar surface area (TPSA) is 35.6 Å². The molecule has 6 heteroatoms. The van der Waals surface area contributed by atoms with Crippen molar-refractivity contribution in [3.05, 3.63) is 107 Å². The van der Waals surface area contributed by atoms with Gasteiger partial charge in [-0.3, -0.25) is 9.80 Å². The number of nitrogens with one attached hydrogen (secondary N) is 1. The van der Waals surface area contributed by atoms with Crippen molar-refractivity contribution in [2.45, 2.75) is 18.8 Å². The number of nitrogens with zero attached hydrogens (tertiary/aromatic N) is 2. The number of benzene rings is 3. The predicted octanol–water partition coefficient (Wildman–Crippen LogP) is 4.84. The first-order valence-electron chi connectivity index (χ1n) is 11.4. The Balaban J connectivity index is 1.34. The van der Waals surface area contributed by atoms with Gasteiger partial charge in [0.1, 0.15) is 11.6 Å². The summed E-state index contributed by atoms with van der Waals surface area (Å²) in [6, 6.07) is 22.5. The molecule has 0 spiro atoms. The normalized spacial score (nSPS) is 14.9. The van der Waals surface area contributed by atoms with E-state index in [2.05, 4.69) is 10.3 Å². The van der Waals surface area contributed by atoms with Crippen LogP contribution in [0, 0.1) is 11.6 Å². The Labute approximate surface area is 193 Å². The zero-order chi connectivity index (χ0) is 23.0. The molecule has 1 aliphatic heterocycles. The van der Waals surface area contributed by atoms with Crippen LogP contribution in [-0.2, 0) is 0 Å². The van der Waals surface area contributed by atoms with Gasteiger partial charge in [-0.1, -0.05) is 42.5 Å². The Hall–Kier alpha value is -3.09. The molecule has 1 fully saturated rings. The molecule has 1 heterocycles. The standard InChI is InChI=1S/C27H29F2N3O/c28-24-12-8-21(9-13-24)26(22-10-14-25(29)15-11-22)7-4-17-31-18-16-30-32(20-19-31)27(33)23-5-2-1-3-6-23/h1-3,5-6,8-15,26,30H,4,7,16-20H2. The lowest BCUT2D eigenvalue weighted by molar-refractivity contribution is 0.0676. The lowest BCUT2D eigenvalue weighted by Crippen LogP contribution is -2.43. The highest BCUT2D eigenvalue weighted by Crippen LogP contribution is 2.29. The SMILES string of the molecule is O=C(c1ccccc1)N1CCN(CCCC(c2ccc(F)cc2)c2ccc(F)cc2)CCN1. The number of carbonyl (C=O) groups is 1. The molecule has 4 nitrogen and oxygen atoms in total. The van der Waals surface area contributed by atoms with Crippen molar-refractivity contribution in [2.75, 3.05) is 32.7 Å². The molecule has 0 atom stereocenters. The highest BCUT2D eigenvalue weighted by molar-refractivity contribution is 5.93. The van der Waals surface area contributed by atoms with Gasteiger partial charge in [0, 0.05) is 31.1 Å². The lowest BCUT2D eigenvalue weighted by Gasteiger charge is -2.23. The molecule has 1 aliphatic rings. The molecule has 3 aromatic carbocycles. The van der Waals surface area contributed by atoms with Gasteiger partial charge in [-0.25, -0.2) is 14.2 Å². The summed E-state index contributed by atoms with van der Waals surface area (Å²) in [5.41, 5.74) is 5.98. The summed E-state index contributed by atoms with van der Waals surface area (Å²) in [5, 5.41) is 1.70. The van der Waals surface area contributed by atoms with Crippen molar-refractivity contribution in [3.8, 4) is 0 Å². The minimum Gasteiger partial charge on any atom is -0.300 e. The number of amides is 1. The molecular formula is C27H29F2N3O. The van der Waals surface area contributed by atoms with E-state index in [9.17, 15) is 13.6 Å². The number of hydrazine groups is 1. The fourth-order valence-electron chi connectivity index (χ4n) is 4.34. The summed E-state index contributed by atoms with van der Waals surface area (Å²) in [6.45, 7) is 3.87. The van der Waals surface area contributed by atoms with Crippen LogP contribution in [0.4, 0.5) is 8.78 Å². The van der Waals surface area contributed by atoms with Gasteiger partial charge in [0.2, 0.25) is 0 Å². The fraction of sp³-hybridized carbons (Fsp3) is 0.296. The first-order valence-corrected chi connectivity index (χ1v) is 11.4.